The molecule has 17 heavy (non-hydrogen) atoms. The average Bonchev–Trinajstić information content (AvgIpc) is 2.63. The Balaban J connectivity index is 1.92. The standard InChI is InChI=1S/C11H10N2O4/c14-8-4-5-9(15)17-11-10(16-8)7-3-1-2-6-13(7)12-11/h2-6,10-12H,1H2/b5-4-. The van der Waals surface area contributed by atoms with E-state index >= 15 is 0 Å². The largest absolute Gasteiger partial charge is 0.447 e. The zero-order valence-electron chi connectivity index (χ0n) is 8.83. The van der Waals surface area contributed by atoms with Gasteiger partial charge in [-0.3, -0.25) is 5.01 Å². The van der Waals surface area contributed by atoms with Crippen LogP contribution in [0.1, 0.15) is 6.42 Å². The lowest BCUT2D eigenvalue weighted by molar-refractivity contribution is -0.160. The Hall–Kier alpha value is -2.08. The molecule has 0 aliphatic carbocycles. The van der Waals surface area contributed by atoms with Crippen molar-refractivity contribution in [3.8, 4) is 0 Å². The summed E-state index contributed by atoms with van der Waals surface area (Å²) in [6, 6.07) is 0. The second kappa shape index (κ2) is 3.74. The van der Waals surface area contributed by atoms with Crippen molar-refractivity contribution >= 4 is 11.9 Å². The minimum absolute atomic E-state index is 0.546. The molecule has 2 atom stereocenters. The number of ether oxygens (including phenoxy) is 2. The molecule has 0 saturated carbocycles. The van der Waals surface area contributed by atoms with Crippen molar-refractivity contribution in [2.24, 2.45) is 0 Å². The van der Waals surface area contributed by atoms with Crippen LogP contribution in [0.3, 0.4) is 0 Å². The highest BCUT2D eigenvalue weighted by atomic mass is 16.6. The van der Waals surface area contributed by atoms with Crippen LogP contribution in [0.25, 0.3) is 0 Å². The van der Waals surface area contributed by atoms with Gasteiger partial charge in [-0.25, -0.2) is 9.59 Å². The first-order valence-electron chi connectivity index (χ1n) is 5.25. The summed E-state index contributed by atoms with van der Waals surface area (Å²) < 4.78 is 10.3. The normalized spacial score (nSPS) is 32.7. The molecule has 6 heteroatoms. The predicted octanol–water partition coefficient (Wildman–Crippen LogP) is -0.0412. The Kier molecular flexibility index (Phi) is 2.22. The van der Waals surface area contributed by atoms with Gasteiger partial charge in [0.2, 0.25) is 6.23 Å². The fourth-order valence-corrected chi connectivity index (χ4v) is 1.95. The fourth-order valence-electron chi connectivity index (χ4n) is 1.95. The van der Waals surface area contributed by atoms with E-state index in [9.17, 15) is 9.59 Å². The molecule has 0 aromatic heterocycles. The maximum Gasteiger partial charge on any atom is 0.332 e. The molecule has 3 aliphatic heterocycles. The van der Waals surface area contributed by atoms with Gasteiger partial charge in [0.25, 0.3) is 0 Å². The summed E-state index contributed by atoms with van der Waals surface area (Å²) in [6.45, 7) is 0. The maximum absolute atomic E-state index is 11.4. The molecule has 0 radical (unpaired) electrons. The van der Waals surface area contributed by atoms with Crippen molar-refractivity contribution in [3.05, 3.63) is 36.2 Å². The van der Waals surface area contributed by atoms with Crippen molar-refractivity contribution in [1.82, 2.24) is 10.4 Å². The van der Waals surface area contributed by atoms with Gasteiger partial charge in [-0.15, -0.1) is 0 Å². The molecular formula is C11H10N2O4. The molecule has 2 unspecified atom stereocenters. The number of rotatable bonds is 0. The van der Waals surface area contributed by atoms with E-state index in [2.05, 4.69) is 5.43 Å². The highest BCUT2D eigenvalue weighted by Crippen LogP contribution is 2.27. The van der Waals surface area contributed by atoms with E-state index in [-0.39, 0.29) is 0 Å². The zero-order valence-corrected chi connectivity index (χ0v) is 8.83. The smallest absolute Gasteiger partial charge is 0.332 e. The molecule has 0 spiro atoms. The number of carbonyl (C=O) groups is 2. The topological polar surface area (TPSA) is 67.9 Å². The average molecular weight is 234 g/mol. The summed E-state index contributed by atoms with van der Waals surface area (Å²) in [7, 11) is 0. The third-order valence-corrected chi connectivity index (χ3v) is 2.67. The quantitative estimate of drug-likeness (QED) is 0.593. The van der Waals surface area contributed by atoms with Crippen molar-refractivity contribution in [2.75, 3.05) is 0 Å². The summed E-state index contributed by atoms with van der Waals surface area (Å²) >= 11 is 0. The van der Waals surface area contributed by atoms with E-state index in [1.54, 1.807) is 5.01 Å². The molecule has 1 saturated heterocycles. The number of hydrazine groups is 1. The number of esters is 2. The summed E-state index contributed by atoms with van der Waals surface area (Å²) in [6.07, 6.45) is 7.30. The van der Waals surface area contributed by atoms with Gasteiger partial charge in [-0.05, 0) is 6.42 Å². The Labute approximate surface area is 97.1 Å². The Morgan fingerprint density at radius 1 is 1.24 bits per heavy atom. The Morgan fingerprint density at radius 2 is 2.00 bits per heavy atom. The number of nitrogens with zero attached hydrogens (tertiary/aromatic N) is 1. The van der Waals surface area contributed by atoms with Crippen LogP contribution in [0, 0.1) is 0 Å². The van der Waals surface area contributed by atoms with Gasteiger partial charge in [-0.2, -0.15) is 5.43 Å². The maximum atomic E-state index is 11.4. The van der Waals surface area contributed by atoms with Crippen LogP contribution < -0.4 is 5.43 Å². The first-order chi connectivity index (χ1) is 8.24. The van der Waals surface area contributed by atoms with Crippen LogP contribution >= 0.6 is 0 Å². The van der Waals surface area contributed by atoms with Gasteiger partial charge < -0.3 is 9.47 Å². The second-order valence-corrected chi connectivity index (χ2v) is 3.80. The Morgan fingerprint density at radius 3 is 2.82 bits per heavy atom. The zero-order chi connectivity index (χ0) is 11.8. The minimum atomic E-state index is -0.676. The van der Waals surface area contributed by atoms with Gasteiger partial charge >= 0.3 is 11.9 Å². The number of hydrogen-bond acceptors (Lipinski definition) is 6. The first-order valence-corrected chi connectivity index (χ1v) is 5.25. The van der Waals surface area contributed by atoms with Crippen molar-refractivity contribution in [2.45, 2.75) is 18.8 Å². The van der Waals surface area contributed by atoms with E-state index < -0.39 is 24.3 Å². The van der Waals surface area contributed by atoms with Crippen LogP contribution in [-0.2, 0) is 19.1 Å². The number of fused-ring (bicyclic) bond motifs is 3. The van der Waals surface area contributed by atoms with Crippen molar-refractivity contribution in [3.63, 3.8) is 0 Å². The van der Waals surface area contributed by atoms with Crippen LogP contribution in [0.2, 0.25) is 0 Å². The molecule has 0 bridgehead atoms. The van der Waals surface area contributed by atoms with Crippen LogP contribution in [0.4, 0.5) is 0 Å². The first kappa shape index (κ1) is 10.1. The predicted molar refractivity (Wildman–Crippen MR) is 55.7 cm³/mol. The molecule has 1 fully saturated rings. The molecule has 0 aromatic carbocycles. The highest BCUT2D eigenvalue weighted by Gasteiger charge is 2.42. The number of allylic oxidation sites excluding steroid dienone is 2. The Bertz CT molecular complexity index is 466. The number of hydrogen-bond donors (Lipinski definition) is 1. The SMILES string of the molecule is O=C1/C=C\C(=O)OC2C3=CCC=CN3NC2O1. The third-order valence-electron chi connectivity index (χ3n) is 2.67. The van der Waals surface area contributed by atoms with Gasteiger partial charge in [0.15, 0.2) is 6.10 Å². The van der Waals surface area contributed by atoms with Crippen LogP contribution in [0.15, 0.2) is 36.2 Å². The summed E-state index contributed by atoms with van der Waals surface area (Å²) in [5.74, 6) is -1.11. The molecule has 88 valence electrons. The molecule has 0 aromatic rings. The monoisotopic (exact) mass is 234 g/mol. The fraction of sp³-hybridized carbons (Fsp3) is 0.273. The van der Waals surface area contributed by atoms with E-state index in [1.807, 2.05) is 18.4 Å². The summed E-state index contributed by atoms with van der Waals surface area (Å²) in [5, 5.41) is 1.70. The molecule has 3 heterocycles. The highest BCUT2D eigenvalue weighted by molar-refractivity contribution is 5.92. The van der Waals surface area contributed by atoms with Gasteiger partial charge in [0.1, 0.15) is 0 Å². The van der Waals surface area contributed by atoms with Crippen molar-refractivity contribution in [1.29, 1.82) is 0 Å². The second-order valence-electron chi connectivity index (χ2n) is 3.80. The van der Waals surface area contributed by atoms with Crippen LogP contribution in [-0.4, -0.2) is 29.3 Å². The lowest BCUT2D eigenvalue weighted by Crippen LogP contribution is -2.40. The molecule has 6 nitrogen and oxygen atoms in total. The van der Waals surface area contributed by atoms with E-state index in [0.29, 0.717) is 0 Å². The molecule has 3 rings (SSSR count). The van der Waals surface area contributed by atoms with Gasteiger partial charge in [0.05, 0.1) is 5.70 Å². The molecule has 0 amide bonds. The number of nitrogens with one attached hydrogen (secondary N) is 1. The van der Waals surface area contributed by atoms with E-state index in [1.165, 1.54) is 0 Å². The lowest BCUT2D eigenvalue weighted by atomic mass is 10.2. The van der Waals surface area contributed by atoms with Gasteiger partial charge in [-0.1, -0.05) is 12.2 Å². The van der Waals surface area contributed by atoms with Crippen LogP contribution in [0.5, 0.6) is 0 Å². The van der Waals surface area contributed by atoms with E-state index in [0.717, 1.165) is 24.3 Å². The van der Waals surface area contributed by atoms with Crippen molar-refractivity contribution < 1.29 is 19.1 Å². The van der Waals surface area contributed by atoms with E-state index in [4.69, 9.17) is 9.47 Å². The molecule has 1 N–H and O–H groups in total. The summed E-state index contributed by atoms with van der Waals surface area (Å²) in [5.41, 5.74) is 3.72. The van der Waals surface area contributed by atoms with Gasteiger partial charge in [0, 0.05) is 18.4 Å². The lowest BCUT2D eigenvalue weighted by Gasteiger charge is -2.20. The summed E-state index contributed by atoms with van der Waals surface area (Å²) in [4.78, 5) is 22.7. The molecule has 3 aliphatic rings. The molecular weight excluding hydrogens is 224 g/mol. The number of carbonyl (C=O) groups excluding carboxylic acids is 2. The third kappa shape index (κ3) is 1.72. The minimum Gasteiger partial charge on any atom is -0.447 e.